The molecule has 0 saturated heterocycles. The largest absolute Gasteiger partial charge is 0.330 e. The molecule has 0 atom stereocenters. The monoisotopic (exact) mass is 187 g/mol. The van der Waals surface area contributed by atoms with E-state index in [4.69, 9.17) is 0 Å². The lowest BCUT2D eigenvalue weighted by atomic mass is 9.95. The molecule has 0 aliphatic heterocycles. The van der Waals surface area contributed by atoms with Crippen molar-refractivity contribution in [2.75, 3.05) is 0 Å². The molecule has 0 bridgehead atoms. The van der Waals surface area contributed by atoms with Crippen LogP contribution in [0.5, 0.6) is 0 Å². The minimum atomic E-state index is 0.00984. The first-order chi connectivity index (χ1) is 6.75. The number of aryl methyl sites for hydroxylation is 1. The first-order valence-corrected chi connectivity index (χ1v) is 4.82. The molecule has 1 N–H and O–H groups in total. The summed E-state index contributed by atoms with van der Waals surface area (Å²) in [5.74, 6) is 0.00984. The fourth-order valence-electron chi connectivity index (χ4n) is 1.76. The fraction of sp³-hybridized carbons (Fsp3) is 0.250. The standard InChI is InChI=1S/C12H13NO/c1-9(14)13-12-7-6-10-4-2-3-5-11(10)8-12/h2-5,8H,6-7H2,1H3,(H,13,14). The number of rotatable bonds is 1. The molecular weight excluding hydrogens is 174 g/mol. The quantitative estimate of drug-likeness (QED) is 0.716. The number of nitrogens with one attached hydrogen (secondary N) is 1. The van der Waals surface area contributed by atoms with Gasteiger partial charge in [-0.3, -0.25) is 4.79 Å². The highest BCUT2D eigenvalue weighted by Crippen LogP contribution is 2.21. The third-order valence-electron chi connectivity index (χ3n) is 2.39. The molecule has 0 saturated carbocycles. The van der Waals surface area contributed by atoms with Gasteiger partial charge in [0.2, 0.25) is 5.91 Å². The number of hydrogen-bond acceptors (Lipinski definition) is 1. The van der Waals surface area contributed by atoms with Gasteiger partial charge in [0.1, 0.15) is 0 Å². The Morgan fingerprint density at radius 3 is 2.86 bits per heavy atom. The van der Waals surface area contributed by atoms with Gasteiger partial charge in [0.15, 0.2) is 0 Å². The maximum atomic E-state index is 10.9. The van der Waals surface area contributed by atoms with Crippen LogP contribution in [-0.4, -0.2) is 5.91 Å². The van der Waals surface area contributed by atoms with Gasteiger partial charge in [-0.1, -0.05) is 24.3 Å². The van der Waals surface area contributed by atoms with Gasteiger partial charge in [0.25, 0.3) is 0 Å². The molecule has 1 aliphatic carbocycles. The lowest BCUT2D eigenvalue weighted by Gasteiger charge is -2.16. The number of allylic oxidation sites excluding steroid dienone is 1. The smallest absolute Gasteiger partial charge is 0.220 e. The van der Waals surface area contributed by atoms with Crippen LogP contribution >= 0.6 is 0 Å². The average molecular weight is 187 g/mol. The van der Waals surface area contributed by atoms with Crippen LogP contribution in [0.2, 0.25) is 0 Å². The fourth-order valence-corrected chi connectivity index (χ4v) is 1.76. The predicted octanol–water partition coefficient (Wildman–Crippen LogP) is 2.11. The Hall–Kier alpha value is -1.57. The van der Waals surface area contributed by atoms with Crippen molar-refractivity contribution in [1.82, 2.24) is 5.32 Å². The van der Waals surface area contributed by atoms with Gasteiger partial charge < -0.3 is 5.32 Å². The Kier molecular flexibility index (Phi) is 2.35. The number of carbonyl (C=O) groups is 1. The molecule has 14 heavy (non-hydrogen) atoms. The first-order valence-electron chi connectivity index (χ1n) is 4.82. The third-order valence-corrected chi connectivity index (χ3v) is 2.39. The lowest BCUT2D eigenvalue weighted by Crippen LogP contribution is -2.21. The van der Waals surface area contributed by atoms with Gasteiger partial charge in [-0.2, -0.15) is 0 Å². The normalized spacial score (nSPS) is 14.2. The molecule has 0 fully saturated rings. The number of hydrogen-bond donors (Lipinski definition) is 1. The Bertz CT molecular complexity index is 393. The summed E-state index contributed by atoms with van der Waals surface area (Å²) >= 11 is 0. The maximum absolute atomic E-state index is 10.9. The van der Waals surface area contributed by atoms with Crippen LogP contribution in [0.3, 0.4) is 0 Å². The summed E-state index contributed by atoms with van der Waals surface area (Å²) in [5, 5.41) is 2.84. The van der Waals surface area contributed by atoms with Crippen LogP contribution in [0, 0.1) is 0 Å². The van der Waals surface area contributed by atoms with Gasteiger partial charge >= 0.3 is 0 Å². The predicted molar refractivity (Wildman–Crippen MR) is 56.6 cm³/mol. The van der Waals surface area contributed by atoms with Crippen LogP contribution in [0.1, 0.15) is 24.5 Å². The van der Waals surface area contributed by atoms with Gasteiger partial charge in [0, 0.05) is 12.6 Å². The highest BCUT2D eigenvalue weighted by molar-refractivity contribution is 5.77. The second kappa shape index (κ2) is 3.66. The van der Waals surface area contributed by atoms with E-state index in [9.17, 15) is 4.79 Å². The molecule has 0 radical (unpaired) electrons. The second-order valence-electron chi connectivity index (χ2n) is 3.55. The van der Waals surface area contributed by atoms with Crippen molar-refractivity contribution >= 4 is 12.0 Å². The zero-order valence-electron chi connectivity index (χ0n) is 8.21. The number of amides is 1. The Morgan fingerprint density at radius 2 is 2.07 bits per heavy atom. The van der Waals surface area contributed by atoms with Gasteiger partial charge in [-0.15, -0.1) is 0 Å². The molecule has 2 nitrogen and oxygen atoms in total. The summed E-state index contributed by atoms with van der Waals surface area (Å²) in [4.78, 5) is 10.9. The molecule has 0 heterocycles. The molecule has 2 heteroatoms. The molecule has 72 valence electrons. The molecule has 1 aromatic rings. The molecular formula is C12H13NO. The molecule has 0 unspecified atom stereocenters. The van der Waals surface area contributed by atoms with E-state index in [1.807, 2.05) is 6.07 Å². The van der Waals surface area contributed by atoms with Crippen molar-refractivity contribution in [3.05, 3.63) is 41.1 Å². The number of benzene rings is 1. The van der Waals surface area contributed by atoms with Crippen LogP contribution in [0.25, 0.3) is 6.08 Å². The van der Waals surface area contributed by atoms with Crippen LogP contribution in [0.15, 0.2) is 30.0 Å². The van der Waals surface area contributed by atoms with Crippen LogP contribution < -0.4 is 5.32 Å². The van der Waals surface area contributed by atoms with Crippen LogP contribution in [0.4, 0.5) is 0 Å². The van der Waals surface area contributed by atoms with Crippen molar-refractivity contribution in [1.29, 1.82) is 0 Å². The highest BCUT2D eigenvalue weighted by Gasteiger charge is 2.09. The Morgan fingerprint density at radius 1 is 1.29 bits per heavy atom. The lowest BCUT2D eigenvalue weighted by molar-refractivity contribution is -0.118. The molecule has 1 aliphatic rings. The zero-order valence-corrected chi connectivity index (χ0v) is 8.21. The second-order valence-corrected chi connectivity index (χ2v) is 3.55. The van der Waals surface area contributed by atoms with Crippen molar-refractivity contribution in [2.24, 2.45) is 0 Å². The van der Waals surface area contributed by atoms with E-state index in [2.05, 4.69) is 29.6 Å². The Balaban J connectivity index is 2.26. The average Bonchev–Trinajstić information content (AvgIpc) is 2.17. The minimum absolute atomic E-state index is 0.00984. The summed E-state index contributed by atoms with van der Waals surface area (Å²) in [6.45, 7) is 1.54. The van der Waals surface area contributed by atoms with E-state index in [0.717, 1.165) is 18.5 Å². The van der Waals surface area contributed by atoms with Crippen molar-refractivity contribution in [3.63, 3.8) is 0 Å². The molecule has 2 rings (SSSR count). The van der Waals surface area contributed by atoms with Gasteiger partial charge in [-0.25, -0.2) is 0 Å². The summed E-state index contributed by atoms with van der Waals surface area (Å²) in [7, 11) is 0. The first kappa shape index (κ1) is 9.00. The Labute approximate surface area is 83.6 Å². The summed E-state index contributed by atoms with van der Waals surface area (Å²) in [5.41, 5.74) is 3.61. The van der Waals surface area contributed by atoms with E-state index < -0.39 is 0 Å². The van der Waals surface area contributed by atoms with E-state index in [-0.39, 0.29) is 5.91 Å². The summed E-state index contributed by atoms with van der Waals surface area (Å²) in [6, 6.07) is 8.29. The van der Waals surface area contributed by atoms with E-state index >= 15 is 0 Å². The molecule has 1 aromatic carbocycles. The van der Waals surface area contributed by atoms with Crippen molar-refractivity contribution < 1.29 is 4.79 Å². The molecule has 1 amide bonds. The van der Waals surface area contributed by atoms with E-state index in [0.29, 0.717) is 0 Å². The molecule has 0 aromatic heterocycles. The van der Waals surface area contributed by atoms with Crippen molar-refractivity contribution in [2.45, 2.75) is 19.8 Å². The van der Waals surface area contributed by atoms with Crippen molar-refractivity contribution in [3.8, 4) is 0 Å². The third kappa shape index (κ3) is 1.84. The zero-order chi connectivity index (χ0) is 9.97. The number of carbonyl (C=O) groups excluding carboxylic acids is 1. The minimum Gasteiger partial charge on any atom is -0.330 e. The molecule has 0 spiro atoms. The highest BCUT2D eigenvalue weighted by atomic mass is 16.1. The van der Waals surface area contributed by atoms with Crippen LogP contribution in [-0.2, 0) is 11.2 Å². The summed E-state index contributed by atoms with van der Waals surface area (Å²) < 4.78 is 0. The van der Waals surface area contributed by atoms with E-state index in [1.165, 1.54) is 11.1 Å². The summed E-state index contributed by atoms with van der Waals surface area (Å²) in [6.07, 6.45) is 4.00. The topological polar surface area (TPSA) is 29.1 Å². The van der Waals surface area contributed by atoms with E-state index in [1.54, 1.807) is 6.92 Å². The SMILES string of the molecule is CC(=O)NC1=Cc2ccccc2CC1. The maximum Gasteiger partial charge on any atom is 0.220 e. The van der Waals surface area contributed by atoms with Gasteiger partial charge in [-0.05, 0) is 30.0 Å². The number of fused-ring (bicyclic) bond motifs is 1. The van der Waals surface area contributed by atoms with Gasteiger partial charge in [0.05, 0.1) is 0 Å².